The number of nitrogens with one attached hydrogen (secondary N) is 2. The topological polar surface area (TPSA) is 84.5 Å². The second-order valence-corrected chi connectivity index (χ2v) is 6.74. The molecule has 7 heteroatoms. The molecular formula is C14H20N2O4S. The first-order valence-electron chi connectivity index (χ1n) is 6.98. The van der Waals surface area contributed by atoms with Crippen LogP contribution in [0.25, 0.3) is 0 Å². The van der Waals surface area contributed by atoms with Gasteiger partial charge in [-0.1, -0.05) is 0 Å². The molecule has 0 saturated heterocycles. The Bertz CT molecular complexity index is 594. The fourth-order valence-electron chi connectivity index (χ4n) is 1.79. The summed E-state index contributed by atoms with van der Waals surface area (Å²) in [5.41, 5.74) is 0. The van der Waals surface area contributed by atoms with E-state index in [9.17, 15) is 13.2 Å². The molecule has 1 aromatic carbocycles. The smallest absolute Gasteiger partial charge is 0.241 e. The molecule has 6 nitrogen and oxygen atoms in total. The first-order chi connectivity index (χ1) is 9.92. The van der Waals surface area contributed by atoms with E-state index in [0.717, 1.165) is 12.8 Å². The largest absolute Gasteiger partial charge is 0.494 e. The van der Waals surface area contributed by atoms with Crippen molar-refractivity contribution in [3.05, 3.63) is 24.3 Å². The van der Waals surface area contributed by atoms with Crippen molar-refractivity contribution in [2.24, 2.45) is 0 Å². The predicted octanol–water partition coefficient (Wildman–Crippen LogP) is 1.03. The van der Waals surface area contributed by atoms with Gasteiger partial charge in [-0.15, -0.1) is 0 Å². The predicted molar refractivity (Wildman–Crippen MR) is 78.6 cm³/mol. The Morgan fingerprint density at radius 2 is 1.95 bits per heavy atom. The number of ether oxygens (including phenoxy) is 1. The van der Waals surface area contributed by atoms with Gasteiger partial charge in [0.05, 0.1) is 17.5 Å². The first kappa shape index (κ1) is 15.8. The number of sulfonamides is 1. The molecule has 0 unspecified atom stereocenters. The molecule has 116 valence electrons. The number of hydrogen-bond acceptors (Lipinski definition) is 4. The van der Waals surface area contributed by atoms with Crippen LogP contribution in [0.4, 0.5) is 0 Å². The summed E-state index contributed by atoms with van der Waals surface area (Å²) in [4.78, 5) is 11.9. The maximum absolute atomic E-state index is 12.2. The van der Waals surface area contributed by atoms with Crippen LogP contribution in [-0.4, -0.2) is 33.0 Å². The molecule has 21 heavy (non-hydrogen) atoms. The van der Waals surface area contributed by atoms with Crippen molar-refractivity contribution < 1.29 is 17.9 Å². The summed E-state index contributed by atoms with van der Waals surface area (Å²) < 4.78 is 32.0. The van der Waals surface area contributed by atoms with Crippen LogP contribution in [-0.2, 0) is 14.8 Å². The van der Waals surface area contributed by atoms with Crippen molar-refractivity contribution in [2.75, 3.05) is 6.61 Å². The molecule has 0 radical (unpaired) electrons. The molecule has 1 saturated carbocycles. The molecule has 0 aromatic heterocycles. The lowest BCUT2D eigenvalue weighted by Crippen LogP contribution is -2.45. The van der Waals surface area contributed by atoms with Crippen molar-refractivity contribution >= 4 is 15.9 Å². The molecule has 1 aromatic rings. The van der Waals surface area contributed by atoms with Gasteiger partial charge in [-0.2, -0.15) is 4.72 Å². The van der Waals surface area contributed by atoms with Gasteiger partial charge in [0, 0.05) is 6.04 Å². The summed E-state index contributed by atoms with van der Waals surface area (Å²) in [6, 6.07) is 5.50. The van der Waals surface area contributed by atoms with Gasteiger partial charge in [0.25, 0.3) is 0 Å². The quantitative estimate of drug-likeness (QED) is 0.787. The van der Waals surface area contributed by atoms with Crippen molar-refractivity contribution in [3.8, 4) is 5.75 Å². The minimum atomic E-state index is -3.72. The number of rotatable bonds is 7. The average Bonchev–Trinajstić information content (AvgIpc) is 3.23. The van der Waals surface area contributed by atoms with Gasteiger partial charge in [-0.25, -0.2) is 8.42 Å². The van der Waals surface area contributed by atoms with Crippen LogP contribution in [0.2, 0.25) is 0 Å². The highest BCUT2D eigenvalue weighted by Gasteiger charge is 2.28. The van der Waals surface area contributed by atoms with Gasteiger partial charge in [0.1, 0.15) is 5.75 Å². The molecule has 0 spiro atoms. The van der Waals surface area contributed by atoms with E-state index < -0.39 is 16.1 Å². The molecule has 1 aliphatic carbocycles. The van der Waals surface area contributed by atoms with E-state index >= 15 is 0 Å². The standard InChI is InChI=1S/C14H20N2O4S/c1-3-20-12-6-8-13(9-7-12)21(18,19)16-10(2)14(17)15-11-4-5-11/h6-11,16H,3-5H2,1-2H3,(H,15,17)/t10-/m1/s1. The number of carbonyl (C=O) groups excluding carboxylic acids is 1. The van der Waals surface area contributed by atoms with E-state index in [-0.39, 0.29) is 16.8 Å². The fourth-order valence-corrected chi connectivity index (χ4v) is 2.99. The summed E-state index contributed by atoms with van der Waals surface area (Å²) >= 11 is 0. The van der Waals surface area contributed by atoms with Crippen molar-refractivity contribution in [2.45, 2.75) is 43.7 Å². The Kier molecular flexibility index (Phi) is 4.84. The number of hydrogen-bond donors (Lipinski definition) is 2. The molecule has 0 aliphatic heterocycles. The van der Waals surface area contributed by atoms with E-state index in [0.29, 0.717) is 12.4 Å². The number of carbonyl (C=O) groups is 1. The van der Waals surface area contributed by atoms with Gasteiger partial charge in [0.2, 0.25) is 15.9 Å². The third kappa shape index (κ3) is 4.44. The molecule has 0 heterocycles. The van der Waals surface area contributed by atoms with E-state index in [4.69, 9.17) is 4.74 Å². The molecule has 2 N–H and O–H groups in total. The third-order valence-electron chi connectivity index (χ3n) is 3.09. The van der Waals surface area contributed by atoms with Gasteiger partial charge in [-0.3, -0.25) is 4.79 Å². The molecule has 1 amide bonds. The Morgan fingerprint density at radius 3 is 2.48 bits per heavy atom. The summed E-state index contributed by atoms with van der Waals surface area (Å²) in [6.45, 7) is 3.90. The molecule has 1 atom stereocenters. The fraction of sp³-hybridized carbons (Fsp3) is 0.500. The van der Waals surface area contributed by atoms with Gasteiger partial charge < -0.3 is 10.1 Å². The normalized spacial score (nSPS) is 16.3. The van der Waals surface area contributed by atoms with Crippen LogP contribution >= 0.6 is 0 Å². The van der Waals surface area contributed by atoms with E-state index in [1.54, 1.807) is 12.1 Å². The Hall–Kier alpha value is -1.60. The maximum atomic E-state index is 12.2. The van der Waals surface area contributed by atoms with Crippen LogP contribution in [0.1, 0.15) is 26.7 Å². The summed E-state index contributed by atoms with van der Waals surface area (Å²) in [5, 5.41) is 2.77. The number of amides is 1. The lowest BCUT2D eigenvalue weighted by molar-refractivity contribution is -0.122. The van der Waals surface area contributed by atoms with Gasteiger partial charge >= 0.3 is 0 Å². The summed E-state index contributed by atoms with van der Waals surface area (Å²) in [5.74, 6) is 0.308. The molecular weight excluding hydrogens is 292 g/mol. The Balaban J connectivity index is 2.00. The monoisotopic (exact) mass is 312 g/mol. The zero-order valence-corrected chi connectivity index (χ0v) is 12.9. The Morgan fingerprint density at radius 1 is 1.33 bits per heavy atom. The maximum Gasteiger partial charge on any atom is 0.241 e. The molecule has 2 rings (SSSR count). The van der Waals surface area contributed by atoms with Crippen molar-refractivity contribution in [1.82, 2.24) is 10.0 Å². The zero-order valence-electron chi connectivity index (χ0n) is 12.1. The summed E-state index contributed by atoms with van der Waals surface area (Å²) in [7, 11) is -3.72. The minimum Gasteiger partial charge on any atom is -0.494 e. The van der Waals surface area contributed by atoms with E-state index in [1.165, 1.54) is 19.1 Å². The van der Waals surface area contributed by atoms with Gasteiger partial charge in [0.15, 0.2) is 0 Å². The first-order valence-corrected chi connectivity index (χ1v) is 8.46. The van der Waals surface area contributed by atoms with E-state index in [1.807, 2.05) is 6.92 Å². The van der Waals surface area contributed by atoms with Crippen LogP contribution < -0.4 is 14.8 Å². The third-order valence-corrected chi connectivity index (χ3v) is 4.65. The second kappa shape index (κ2) is 6.44. The highest BCUT2D eigenvalue weighted by atomic mass is 32.2. The van der Waals surface area contributed by atoms with Crippen molar-refractivity contribution in [3.63, 3.8) is 0 Å². The average molecular weight is 312 g/mol. The number of benzene rings is 1. The van der Waals surface area contributed by atoms with E-state index in [2.05, 4.69) is 10.0 Å². The van der Waals surface area contributed by atoms with Crippen LogP contribution in [0.15, 0.2) is 29.2 Å². The van der Waals surface area contributed by atoms with Crippen molar-refractivity contribution in [1.29, 1.82) is 0 Å². The molecule has 0 bridgehead atoms. The molecule has 1 fully saturated rings. The lowest BCUT2D eigenvalue weighted by atomic mass is 10.3. The van der Waals surface area contributed by atoms with Crippen LogP contribution in [0.5, 0.6) is 5.75 Å². The summed E-state index contributed by atoms with van der Waals surface area (Å²) in [6.07, 6.45) is 1.92. The SMILES string of the molecule is CCOc1ccc(S(=O)(=O)N[C@H](C)C(=O)NC2CC2)cc1. The van der Waals surface area contributed by atoms with Gasteiger partial charge in [-0.05, 0) is 51.0 Å². The highest BCUT2D eigenvalue weighted by molar-refractivity contribution is 7.89. The second-order valence-electron chi connectivity index (χ2n) is 5.03. The zero-order chi connectivity index (χ0) is 15.5. The van der Waals surface area contributed by atoms with Crippen LogP contribution in [0.3, 0.4) is 0 Å². The Labute approximate surface area is 124 Å². The van der Waals surface area contributed by atoms with Crippen LogP contribution in [0, 0.1) is 0 Å². The minimum absolute atomic E-state index is 0.108. The lowest BCUT2D eigenvalue weighted by Gasteiger charge is -2.14. The molecule has 1 aliphatic rings. The highest BCUT2D eigenvalue weighted by Crippen LogP contribution is 2.19.